The summed E-state index contributed by atoms with van der Waals surface area (Å²) in [7, 11) is -3.66. The number of nitrogens with one attached hydrogen (secondary N) is 1. The van der Waals surface area contributed by atoms with Gasteiger partial charge in [-0.05, 0) is 30.0 Å². The van der Waals surface area contributed by atoms with Gasteiger partial charge in [0, 0.05) is 0 Å². The molecule has 0 fully saturated rings. The molecule has 0 saturated heterocycles. The first kappa shape index (κ1) is 20.0. The molecular weight excluding hydrogens is 400 g/mol. The number of nitrogens with zero attached hydrogens (tertiary/aromatic N) is 3. The molecule has 0 unspecified atom stereocenters. The van der Waals surface area contributed by atoms with Crippen LogP contribution in [0.25, 0.3) is 10.7 Å². The van der Waals surface area contributed by atoms with E-state index in [2.05, 4.69) is 15.5 Å². The smallest absolute Gasteiger partial charge is 0.246 e. The van der Waals surface area contributed by atoms with Crippen LogP contribution in [0.15, 0.2) is 52.4 Å². The highest BCUT2D eigenvalue weighted by molar-refractivity contribution is 7.92. The fourth-order valence-electron chi connectivity index (χ4n) is 2.75. The van der Waals surface area contributed by atoms with Crippen LogP contribution in [-0.4, -0.2) is 36.8 Å². The lowest BCUT2D eigenvalue weighted by atomic mass is 10.2. The highest BCUT2D eigenvalue weighted by Crippen LogP contribution is 2.23. The molecule has 0 spiro atoms. The molecule has 3 rings (SSSR count). The Morgan fingerprint density at radius 2 is 2.00 bits per heavy atom. The lowest BCUT2D eigenvalue weighted by Gasteiger charge is -2.29. The molecule has 28 heavy (non-hydrogen) atoms. The molecule has 0 radical (unpaired) electrons. The van der Waals surface area contributed by atoms with Crippen molar-refractivity contribution in [3.05, 3.63) is 53.7 Å². The van der Waals surface area contributed by atoms with Crippen LogP contribution in [0.3, 0.4) is 0 Å². The number of para-hydroxylation sites is 1. The Balaban J connectivity index is 1.74. The zero-order valence-corrected chi connectivity index (χ0v) is 17.0. The number of sulfonamides is 1. The maximum Gasteiger partial charge on any atom is 0.246 e. The predicted octanol–water partition coefficient (Wildman–Crippen LogP) is 2.66. The first-order chi connectivity index (χ1) is 13.4. The second-order valence-corrected chi connectivity index (χ2v) is 8.83. The number of hydrogen-bond acceptors (Lipinski definition) is 7. The molecule has 0 aliphatic rings. The van der Waals surface area contributed by atoms with E-state index in [0.29, 0.717) is 17.9 Å². The predicted molar refractivity (Wildman–Crippen MR) is 107 cm³/mol. The number of hydrogen-bond donors (Lipinski definition) is 1. The quantitative estimate of drug-likeness (QED) is 0.601. The SMILES string of the molecule is CC[C@H](C(=O)NCc1nc(-c2cccs2)no1)N(c1ccccc1)S(C)(=O)=O. The van der Waals surface area contributed by atoms with Gasteiger partial charge >= 0.3 is 0 Å². The minimum Gasteiger partial charge on any atom is -0.345 e. The van der Waals surface area contributed by atoms with E-state index in [9.17, 15) is 13.2 Å². The molecule has 2 aromatic heterocycles. The van der Waals surface area contributed by atoms with Crippen molar-refractivity contribution in [2.45, 2.75) is 25.9 Å². The van der Waals surface area contributed by atoms with Gasteiger partial charge in [0.15, 0.2) is 0 Å². The van der Waals surface area contributed by atoms with E-state index in [1.807, 2.05) is 17.5 Å². The van der Waals surface area contributed by atoms with E-state index in [1.165, 1.54) is 11.3 Å². The fraction of sp³-hybridized carbons (Fsp3) is 0.278. The molecule has 1 atom stereocenters. The van der Waals surface area contributed by atoms with Crippen molar-refractivity contribution in [2.24, 2.45) is 0 Å². The highest BCUT2D eigenvalue weighted by Gasteiger charge is 2.31. The van der Waals surface area contributed by atoms with Crippen molar-refractivity contribution in [1.29, 1.82) is 0 Å². The maximum atomic E-state index is 12.7. The second-order valence-electron chi connectivity index (χ2n) is 6.03. The number of rotatable bonds is 8. The van der Waals surface area contributed by atoms with Crippen LogP contribution in [0.4, 0.5) is 5.69 Å². The molecule has 10 heteroatoms. The largest absolute Gasteiger partial charge is 0.345 e. The third-order valence-corrected chi connectivity index (χ3v) is 6.01. The summed E-state index contributed by atoms with van der Waals surface area (Å²) in [6.45, 7) is 1.77. The molecule has 1 aromatic carbocycles. The summed E-state index contributed by atoms with van der Waals surface area (Å²) in [6, 6.07) is 11.4. The second kappa shape index (κ2) is 8.53. The first-order valence-corrected chi connectivity index (χ1v) is 11.3. The number of amides is 1. The van der Waals surface area contributed by atoms with E-state index in [4.69, 9.17) is 4.52 Å². The zero-order chi connectivity index (χ0) is 20.1. The summed E-state index contributed by atoms with van der Waals surface area (Å²) in [5, 5.41) is 8.49. The fourth-order valence-corrected chi connectivity index (χ4v) is 4.61. The first-order valence-electron chi connectivity index (χ1n) is 8.58. The van der Waals surface area contributed by atoms with Crippen LogP contribution in [0.5, 0.6) is 0 Å². The van der Waals surface area contributed by atoms with Crippen LogP contribution in [0, 0.1) is 0 Å². The van der Waals surface area contributed by atoms with Gasteiger partial charge in [-0.3, -0.25) is 9.10 Å². The number of benzene rings is 1. The lowest BCUT2D eigenvalue weighted by molar-refractivity contribution is -0.122. The lowest BCUT2D eigenvalue weighted by Crippen LogP contribution is -2.49. The molecule has 0 saturated carbocycles. The van der Waals surface area contributed by atoms with Gasteiger partial charge in [0.05, 0.1) is 23.4 Å². The minimum absolute atomic E-state index is 0.0140. The zero-order valence-electron chi connectivity index (χ0n) is 15.4. The van der Waals surface area contributed by atoms with Crippen LogP contribution in [0.2, 0.25) is 0 Å². The van der Waals surface area contributed by atoms with E-state index >= 15 is 0 Å². The Kier molecular flexibility index (Phi) is 6.10. The maximum absolute atomic E-state index is 12.7. The van der Waals surface area contributed by atoms with Crippen LogP contribution >= 0.6 is 11.3 Å². The van der Waals surface area contributed by atoms with Gasteiger partial charge in [-0.2, -0.15) is 4.98 Å². The summed E-state index contributed by atoms with van der Waals surface area (Å²) >= 11 is 1.48. The van der Waals surface area contributed by atoms with Gasteiger partial charge in [0.1, 0.15) is 6.04 Å². The van der Waals surface area contributed by atoms with Crippen molar-refractivity contribution >= 4 is 33.0 Å². The average Bonchev–Trinajstić information content (AvgIpc) is 3.35. The average molecular weight is 421 g/mol. The molecule has 3 aromatic rings. The van der Waals surface area contributed by atoms with E-state index in [-0.39, 0.29) is 12.4 Å². The summed E-state index contributed by atoms with van der Waals surface area (Å²) in [5.74, 6) is 0.262. The van der Waals surface area contributed by atoms with Gasteiger partial charge in [0.25, 0.3) is 0 Å². The summed E-state index contributed by atoms with van der Waals surface area (Å²) in [6.07, 6.45) is 1.39. The standard InChI is InChI=1S/C18H20N4O4S2/c1-3-14(22(28(2,24)25)13-8-5-4-6-9-13)18(23)19-12-16-20-17(21-26-16)15-10-7-11-27-15/h4-11,14H,3,12H2,1-2H3,(H,19,23)/t14-/m1/s1. The number of aromatic nitrogens is 2. The van der Waals surface area contributed by atoms with Gasteiger partial charge in [-0.1, -0.05) is 36.3 Å². The molecule has 148 valence electrons. The van der Waals surface area contributed by atoms with Gasteiger partial charge < -0.3 is 9.84 Å². The Labute approximate surface area is 167 Å². The normalized spacial score (nSPS) is 12.5. The summed E-state index contributed by atoms with van der Waals surface area (Å²) < 4.78 is 31.0. The van der Waals surface area contributed by atoms with Crippen molar-refractivity contribution in [3.8, 4) is 10.7 Å². The molecule has 1 N–H and O–H groups in total. The summed E-state index contributed by atoms with van der Waals surface area (Å²) in [4.78, 5) is 17.8. The number of carbonyl (C=O) groups excluding carboxylic acids is 1. The van der Waals surface area contributed by atoms with Crippen LogP contribution in [-0.2, 0) is 21.4 Å². The van der Waals surface area contributed by atoms with Gasteiger partial charge in [-0.25, -0.2) is 8.42 Å². The van der Waals surface area contributed by atoms with Gasteiger partial charge in [0.2, 0.25) is 27.6 Å². The molecule has 2 heterocycles. The molecular formula is C18H20N4O4S2. The van der Waals surface area contributed by atoms with Gasteiger partial charge in [-0.15, -0.1) is 11.3 Å². The number of anilines is 1. The van der Waals surface area contributed by atoms with E-state index in [1.54, 1.807) is 37.3 Å². The molecule has 1 amide bonds. The third kappa shape index (κ3) is 4.57. The van der Waals surface area contributed by atoms with Crippen molar-refractivity contribution in [2.75, 3.05) is 10.6 Å². The van der Waals surface area contributed by atoms with E-state index in [0.717, 1.165) is 15.4 Å². The van der Waals surface area contributed by atoms with E-state index < -0.39 is 22.0 Å². The van der Waals surface area contributed by atoms with Crippen molar-refractivity contribution in [3.63, 3.8) is 0 Å². The molecule has 0 bridgehead atoms. The Morgan fingerprint density at radius 1 is 1.25 bits per heavy atom. The third-order valence-electron chi connectivity index (χ3n) is 3.96. The van der Waals surface area contributed by atoms with Crippen LogP contribution < -0.4 is 9.62 Å². The topological polar surface area (TPSA) is 105 Å². The molecule has 0 aliphatic heterocycles. The number of carbonyl (C=O) groups is 1. The minimum atomic E-state index is -3.66. The Hall–Kier alpha value is -2.72. The Bertz CT molecular complexity index is 1020. The molecule has 8 nitrogen and oxygen atoms in total. The highest BCUT2D eigenvalue weighted by atomic mass is 32.2. The van der Waals surface area contributed by atoms with Crippen molar-refractivity contribution < 1.29 is 17.7 Å². The van der Waals surface area contributed by atoms with Crippen molar-refractivity contribution in [1.82, 2.24) is 15.5 Å². The Morgan fingerprint density at radius 3 is 2.61 bits per heavy atom. The number of thiophene rings is 1. The monoisotopic (exact) mass is 420 g/mol. The van der Waals surface area contributed by atoms with Crippen LogP contribution in [0.1, 0.15) is 19.2 Å². The summed E-state index contributed by atoms with van der Waals surface area (Å²) in [5.41, 5.74) is 0.435. The molecule has 0 aliphatic carbocycles.